The largest absolute Gasteiger partial charge is 0.403 e. The molecule has 3 rings (SSSR count). The standard InChI is InChI=1S/C18H11ClFNO2/c19-14-8-5-12(6-9-14)7-10-17-21-16(18(22)23-17)11-13-3-1-2-4-15(13)20/h1-11H/b10-7+,16-11+. The summed E-state index contributed by atoms with van der Waals surface area (Å²) in [6.45, 7) is 0. The molecular weight excluding hydrogens is 317 g/mol. The van der Waals surface area contributed by atoms with Crippen LogP contribution in [-0.2, 0) is 9.53 Å². The number of aliphatic imine (C=N–C) groups is 1. The lowest BCUT2D eigenvalue weighted by molar-refractivity contribution is -0.129. The molecule has 0 saturated carbocycles. The lowest BCUT2D eigenvalue weighted by Crippen LogP contribution is -2.01. The van der Waals surface area contributed by atoms with Crippen LogP contribution in [0.25, 0.3) is 12.2 Å². The van der Waals surface area contributed by atoms with E-state index >= 15 is 0 Å². The van der Waals surface area contributed by atoms with Crippen molar-refractivity contribution in [3.63, 3.8) is 0 Å². The number of benzene rings is 2. The van der Waals surface area contributed by atoms with Gasteiger partial charge < -0.3 is 4.74 Å². The number of esters is 1. The Morgan fingerprint density at radius 3 is 2.52 bits per heavy atom. The highest BCUT2D eigenvalue weighted by atomic mass is 35.5. The molecule has 0 unspecified atom stereocenters. The number of halogens is 2. The number of ether oxygens (including phenoxy) is 1. The molecule has 0 fully saturated rings. The van der Waals surface area contributed by atoms with E-state index in [0.717, 1.165) is 5.56 Å². The number of hydrogen-bond acceptors (Lipinski definition) is 3. The van der Waals surface area contributed by atoms with Crippen LogP contribution in [0.3, 0.4) is 0 Å². The van der Waals surface area contributed by atoms with Crippen LogP contribution in [0, 0.1) is 5.82 Å². The topological polar surface area (TPSA) is 38.7 Å². The quantitative estimate of drug-likeness (QED) is 0.615. The average molecular weight is 328 g/mol. The Morgan fingerprint density at radius 2 is 1.78 bits per heavy atom. The monoisotopic (exact) mass is 327 g/mol. The molecule has 0 amide bonds. The Kier molecular flexibility index (Phi) is 4.35. The molecule has 0 atom stereocenters. The molecule has 3 nitrogen and oxygen atoms in total. The van der Waals surface area contributed by atoms with E-state index in [2.05, 4.69) is 4.99 Å². The summed E-state index contributed by atoms with van der Waals surface area (Å²) in [6, 6.07) is 13.3. The summed E-state index contributed by atoms with van der Waals surface area (Å²) in [5, 5.41) is 0.641. The van der Waals surface area contributed by atoms with Gasteiger partial charge in [0.15, 0.2) is 5.70 Å². The predicted molar refractivity (Wildman–Crippen MR) is 88.4 cm³/mol. The van der Waals surface area contributed by atoms with Crippen LogP contribution in [0.15, 0.2) is 65.3 Å². The minimum absolute atomic E-state index is 0.0610. The first-order chi connectivity index (χ1) is 11.1. The summed E-state index contributed by atoms with van der Waals surface area (Å²) < 4.78 is 18.6. The number of rotatable bonds is 3. The Morgan fingerprint density at radius 1 is 1.04 bits per heavy atom. The van der Waals surface area contributed by atoms with E-state index in [0.29, 0.717) is 5.02 Å². The van der Waals surface area contributed by atoms with Crippen molar-refractivity contribution in [2.24, 2.45) is 4.99 Å². The summed E-state index contributed by atoms with van der Waals surface area (Å²) in [5.74, 6) is -0.871. The third-order valence-electron chi connectivity index (χ3n) is 3.12. The fraction of sp³-hybridized carbons (Fsp3) is 0. The van der Waals surface area contributed by atoms with Crippen molar-refractivity contribution in [2.75, 3.05) is 0 Å². The fourth-order valence-corrected chi connectivity index (χ4v) is 2.10. The molecule has 0 N–H and O–H groups in total. The first-order valence-corrected chi connectivity index (χ1v) is 7.20. The second-order valence-corrected chi connectivity index (χ2v) is 5.21. The van der Waals surface area contributed by atoms with Gasteiger partial charge in [-0.1, -0.05) is 41.9 Å². The average Bonchev–Trinajstić information content (AvgIpc) is 2.89. The molecule has 1 aliphatic rings. The molecule has 2 aromatic carbocycles. The number of carbonyl (C=O) groups excluding carboxylic acids is 1. The summed E-state index contributed by atoms with van der Waals surface area (Å²) >= 11 is 5.81. The molecule has 0 saturated heterocycles. The zero-order chi connectivity index (χ0) is 16.2. The van der Waals surface area contributed by atoms with Crippen molar-refractivity contribution < 1.29 is 13.9 Å². The van der Waals surface area contributed by atoms with Crippen molar-refractivity contribution in [2.45, 2.75) is 0 Å². The lowest BCUT2D eigenvalue weighted by Gasteiger charge is -1.95. The zero-order valence-corrected chi connectivity index (χ0v) is 12.6. The normalized spacial score (nSPS) is 16.0. The maximum atomic E-state index is 13.6. The van der Waals surface area contributed by atoms with Crippen molar-refractivity contribution in [3.05, 3.63) is 82.3 Å². The van der Waals surface area contributed by atoms with Crippen LogP contribution in [0.5, 0.6) is 0 Å². The van der Waals surface area contributed by atoms with Crippen LogP contribution in [-0.4, -0.2) is 11.9 Å². The summed E-state index contributed by atoms with van der Waals surface area (Å²) in [5.41, 5.74) is 1.23. The van der Waals surface area contributed by atoms with Gasteiger partial charge in [0, 0.05) is 16.7 Å². The maximum Gasteiger partial charge on any atom is 0.363 e. The van der Waals surface area contributed by atoms with E-state index in [1.54, 1.807) is 42.5 Å². The van der Waals surface area contributed by atoms with Gasteiger partial charge in [0.25, 0.3) is 0 Å². The van der Waals surface area contributed by atoms with Crippen LogP contribution in [0.4, 0.5) is 4.39 Å². The lowest BCUT2D eigenvalue weighted by atomic mass is 10.2. The summed E-state index contributed by atoms with van der Waals surface area (Å²) in [6.07, 6.45) is 4.68. The third kappa shape index (κ3) is 3.73. The molecular formula is C18H11ClFNO2. The minimum Gasteiger partial charge on any atom is -0.403 e. The van der Waals surface area contributed by atoms with E-state index < -0.39 is 11.8 Å². The van der Waals surface area contributed by atoms with Crippen molar-refractivity contribution in [1.29, 1.82) is 0 Å². The van der Waals surface area contributed by atoms with Gasteiger partial charge in [0.2, 0.25) is 5.90 Å². The highest BCUT2D eigenvalue weighted by molar-refractivity contribution is 6.30. The minimum atomic E-state index is -0.607. The Labute approximate surface area is 137 Å². The number of carbonyl (C=O) groups is 1. The molecule has 5 heteroatoms. The fourth-order valence-electron chi connectivity index (χ4n) is 1.98. The SMILES string of the molecule is O=C1OC(/C=C/c2ccc(Cl)cc2)=NC/1=C/c1ccccc1F. The molecule has 114 valence electrons. The molecule has 1 aliphatic heterocycles. The van der Waals surface area contributed by atoms with E-state index in [4.69, 9.17) is 16.3 Å². The van der Waals surface area contributed by atoms with Crippen LogP contribution >= 0.6 is 11.6 Å². The van der Waals surface area contributed by atoms with E-state index in [1.807, 2.05) is 12.1 Å². The summed E-state index contributed by atoms with van der Waals surface area (Å²) in [4.78, 5) is 15.8. The highest BCUT2D eigenvalue weighted by Gasteiger charge is 2.21. The van der Waals surface area contributed by atoms with Gasteiger partial charge in [0.05, 0.1) is 0 Å². The third-order valence-corrected chi connectivity index (χ3v) is 3.37. The number of nitrogens with zero attached hydrogens (tertiary/aromatic N) is 1. The van der Waals surface area contributed by atoms with Crippen molar-refractivity contribution in [3.8, 4) is 0 Å². The molecule has 0 radical (unpaired) electrons. The molecule has 23 heavy (non-hydrogen) atoms. The van der Waals surface area contributed by atoms with Gasteiger partial charge in [-0.05, 0) is 35.9 Å². The van der Waals surface area contributed by atoms with Gasteiger partial charge in [-0.25, -0.2) is 14.2 Å². The predicted octanol–water partition coefficient (Wildman–Crippen LogP) is 4.49. The molecule has 2 aromatic rings. The van der Waals surface area contributed by atoms with Gasteiger partial charge in [-0.3, -0.25) is 0 Å². The molecule has 1 heterocycles. The van der Waals surface area contributed by atoms with Gasteiger partial charge in [-0.15, -0.1) is 0 Å². The number of cyclic esters (lactones) is 1. The van der Waals surface area contributed by atoms with E-state index in [1.165, 1.54) is 12.1 Å². The van der Waals surface area contributed by atoms with E-state index in [-0.39, 0.29) is 17.2 Å². The van der Waals surface area contributed by atoms with Gasteiger partial charge in [0.1, 0.15) is 5.82 Å². The second kappa shape index (κ2) is 6.58. The Bertz CT molecular complexity index is 838. The number of hydrogen-bond donors (Lipinski definition) is 0. The van der Waals surface area contributed by atoms with Crippen LogP contribution < -0.4 is 0 Å². The first-order valence-electron chi connectivity index (χ1n) is 6.82. The molecule has 0 bridgehead atoms. The Hall–Kier alpha value is -2.72. The summed E-state index contributed by atoms with van der Waals surface area (Å²) in [7, 11) is 0. The molecule has 0 aromatic heterocycles. The van der Waals surface area contributed by atoms with Crippen LogP contribution in [0.1, 0.15) is 11.1 Å². The highest BCUT2D eigenvalue weighted by Crippen LogP contribution is 2.18. The van der Waals surface area contributed by atoms with E-state index in [9.17, 15) is 9.18 Å². The molecule has 0 spiro atoms. The van der Waals surface area contributed by atoms with Crippen LogP contribution in [0.2, 0.25) is 5.02 Å². The smallest absolute Gasteiger partial charge is 0.363 e. The zero-order valence-electron chi connectivity index (χ0n) is 11.9. The maximum absolute atomic E-state index is 13.6. The van der Waals surface area contributed by atoms with Gasteiger partial charge >= 0.3 is 5.97 Å². The second-order valence-electron chi connectivity index (χ2n) is 4.78. The first kappa shape index (κ1) is 15.2. The van der Waals surface area contributed by atoms with Crippen molar-refractivity contribution >= 4 is 35.6 Å². The van der Waals surface area contributed by atoms with Gasteiger partial charge in [-0.2, -0.15) is 0 Å². The Balaban J connectivity index is 1.81. The molecule has 0 aliphatic carbocycles. The van der Waals surface area contributed by atoms with Crippen molar-refractivity contribution in [1.82, 2.24) is 0 Å².